The standard InChI is InChI=1S/C13H22N2OS/c1-12(2,3)9-13(4,5)15-11(16)14-10-7-6-8-17-10/h6-8H,9H2,1-5H3,(H2,14,15,16). The van der Waals surface area contributed by atoms with Crippen LogP contribution in [0.25, 0.3) is 0 Å². The van der Waals surface area contributed by atoms with Crippen LogP contribution in [-0.4, -0.2) is 11.6 Å². The molecule has 0 atom stereocenters. The molecular weight excluding hydrogens is 232 g/mol. The van der Waals surface area contributed by atoms with Crippen LogP contribution in [0.15, 0.2) is 17.5 Å². The van der Waals surface area contributed by atoms with Crippen molar-refractivity contribution < 1.29 is 4.79 Å². The number of rotatable bonds is 3. The minimum Gasteiger partial charge on any atom is -0.333 e. The Balaban J connectivity index is 2.50. The average molecular weight is 254 g/mol. The largest absolute Gasteiger partial charge is 0.333 e. The van der Waals surface area contributed by atoms with Crippen molar-refractivity contribution in [2.45, 2.75) is 46.6 Å². The molecule has 3 nitrogen and oxygen atoms in total. The van der Waals surface area contributed by atoms with Crippen LogP contribution in [-0.2, 0) is 0 Å². The van der Waals surface area contributed by atoms with Gasteiger partial charge in [-0.2, -0.15) is 0 Å². The first kappa shape index (κ1) is 14.0. The van der Waals surface area contributed by atoms with Crippen LogP contribution >= 0.6 is 11.3 Å². The second-order valence-corrected chi connectivity index (χ2v) is 7.13. The van der Waals surface area contributed by atoms with Crippen molar-refractivity contribution in [1.82, 2.24) is 5.32 Å². The maximum absolute atomic E-state index is 11.8. The minimum atomic E-state index is -0.209. The van der Waals surface area contributed by atoms with Crippen molar-refractivity contribution in [1.29, 1.82) is 0 Å². The number of hydrogen-bond donors (Lipinski definition) is 2. The summed E-state index contributed by atoms with van der Waals surface area (Å²) in [7, 11) is 0. The lowest BCUT2D eigenvalue weighted by Gasteiger charge is -2.33. The van der Waals surface area contributed by atoms with Gasteiger partial charge in [-0.1, -0.05) is 20.8 Å². The van der Waals surface area contributed by atoms with Gasteiger partial charge in [0.25, 0.3) is 0 Å². The van der Waals surface area contributed by atoms with Crippen molar-refractivity contribution in [3.05, 3.63) is 17.5 Å². The summed E-state index contributed by atoms with van der Waals surface area (Å²) in [6, 6.07) is 3.67. The van der Waals surface area contributed by atoms with Gasteiger partial charge in [0.1, 0.15) is 0 Å². The van der Waals surface area contributed by atoms with Gasteiger partial charge in [-0.15, -0.1) is 11.3 Å². The Morgan fingerprint density at radius 3 is 2.41 bits per heavy atom. The zero-order chi connectivity index (χ0) is 13.1. The first-order valence-corrected chi connectivity index (χ1v) is 6.69. The number of hydrogen-bond acceptors (Lipinski definition) is 2. The maximum atomic E-state index is 11.8. The molecule has 0 spiro atoms. The summed E-state index contributed by atoms with van der Waals surface area (Å²) >= 11 is 1.52. The summed E-state index contributed by atoms with van der Waals surface area (Å²) in [4.78, 5) is 11.8. The highest BCUT2D eigenvalue weighted by atomic mass is 32.1. The van der Waals surface area contributed by atoms with Gasteiger partial charge >= 0.3 is 6.03 Å². The molecule has 0 aliphatic rings. The van der Waals surface area contributed by atoms with E-state index in [1.165, 1.54) is 11.3 Å². The quantitative estimate of drug-likeness (QED) is 0.838. The first-order chi connectivity index (χ1) is 7.68. The number of nitrogens with one attached hydrogen (secondary N) is 2. The molecule has 0 bridgehead atoms. The van der Waals surface area contributed by atoms with Crippen LogP contribution in [0.2, 0.25) is 0 Å². The second kappa shape index (κ2) is 5.08. The predicted molar refractivity (Wildman–Crippen MR) is 74.6 cm³/mol. The lowest BCUT2D eigenvalue weighted by molar-refractivity contribution is 0.220. The molecule has 96 valence electrons. The van der Waals surface area contributed by atoms with E-state index in [0.29, 0.717) is 0 Å². The number of amides is 2. The summed E-state index contributed by atoms with van der Waals surface area (Å²) in [5, 5.41) is 8.65. The van der Waals surface area contributed by atoms with E-state index in [2.05, 4.69) is 31.4 Å². The molecule has 0 fully saturated rings. The molecule has 0 aliphatic heterocycles. The number of carbonyl (C=O) groups is 1. The predicted octanol–water partition coefficient (Wildman–Crippen LogP) is 4.08. The molecule has 17 heavy (non-hydrogen) atoms. The number of carbonyl (C=O) groups excluding carboxylic acids is 1. The van der Waals surface area contributed by atoms with Crippen molar-refractivity contribution in [3.63, 3.8) is 0 Å². The van der Waals surface area contributed by atoms with E-state index in [4.69, 9.17) is 0 Å². The fourth-order valence-electron chi connectivity index (χ4n) is 2.17. The van der Waals surface area contributed by atoms with E-state index in [-0.39, 0.29) is 17.0 Å². The van der Waals surface area contributed by atoms with Gasteiger partial charge in [-0.05, 0) is 43.2 Å². The summed E-state index contributed by atoms with van der Waals surface area (Å²) in [6.45, 7) is 10.6. The minimum absolute atomic E-state index is 0.137. The molecule has 0 saturated carbocycles. The van der Waals surface area contributed by atoms with Crippen LogP contribution < -0.4 is 10.6 Å². The van der Waals surface area contributed by atoms with E-state index < -0.39 is 0 Å². The maximum Gasteiger partial charge on any atom is 0.320 e. The third kappa shape index (κ3) is 5.73. The van der Waals surface area contributed by atoms with Gasteiger partial charge in [-0.3, -0.25) is 5.32 Å². The van der Waals surface area contributed by atoms with Crippen LogP contribution in [0.1, 0.15) is 41.0 Å². The van der Waals surface area contributed by atoms with Gasteiger partial charge in [0, 0.05) is 5.54 Å². The topological polar surface area (TPSA) is 41.1 Å². The van der Waals surface area contributed by atoms with Crippen LogP contribution in [0, 0.1) is 5.41 Å². The summed E-state index contributed by atoms with van der Waals surface area (Å²) in [6.07, 6.45) is 0.928. The Morgan fingerprint density at radius 1 is 1.29 bits per heavy atom. The van der Waals surface area contributed by atoms with Crippen LogP contribution in [0.5, 0.6) is 0 Å². The summed E-state index contributed by atoms with van der Waals surface area (Å²) < 4.78 is 0. The smallest absolute Gasteiger partial charge is 0.320 e. The number of anilines is 1. The van der Waals surface area contributed by atoms with Gasteiger partial charge < -0.3 is 5.32 Å². The van der Waals surface area contributed by atoms with Crippen molar-refractivity contribution >= 4 is 22.4 Å². The Labute approximate surface area is 108 Å². The third-order valence-corrected chi connectivity index (χ3v) is 2.97. The average Bonchev–Trinajstić information content (AvgIpc) is 2.49. The van der Waals surface area contributed by atoms with E-state index in [9.17, 15) is 4.79 Å². The first-order valence-electron chi connectivity index (χ1n) is 5.81. The zero-order valence-corrected chi connectivity index (χ0v) is 12.1. The molecule has 1 aromatic heterocycles. The molecular formula is C13H22N2OS. The Morgan fingerprint density at radius 2 is 1.94 bits per heavy atom. The highest BCUT2D eigenvalue weighted by molar-refractivity contribution is 7.14. The van der Waals surface area contributed by atoms with Gasteiger partial charge in [-0.25, -0.2) is 4.79 Å². The fraction of sp³-hybridized carbons (Fsp3) is 0.615. The monoisotopic (exact) mass is 254 g/mol. The Kier molecular flexibility index (Phi) is 4.20. The number of urea groups is 1. The SMILES string of the molecule is CC(C)(C)CC(C)(C)NC(=O)Nc1cccs1. The molecule has 1 rings (SSSR count). The van der Waals surface area contributed by atoms with Crippen molar-refractivity contribution in [2.24, 2.45) is 5.41 Å². The number of thiophene rings is 1. The molecule has 0 aliphatic carbocycles. The molecule has 1 aromatic rings. The van der Waals surface area contributed by atoms with E-state index in [1.807, 2.05) is 31.4 Å². The van der Waals surface area contributed by atoms with Crippen molar-refractivity contribution in [3.8, 4) is 0 Å². The highest BCUT2D eigenvalue weighted by Crippen LogP contribution is 2.26. The molecule has 1 heterocycles. The molecule has 0 aromatic carbocycles. The summed E-state index contributed by atoms with van der Waals surface area (Å²) in [5.41, 5.74) is -0.0146. The molecule has 4 heteroatoms. The van der Waals surface area contributed by atoms with E-state index in [0.717, 1.165) is 11.4 Å². The molecule has 0 saturated heterocycles. The molecule has 0 unspecified atom stereocenters. The van der Waals surface area contributed by atoms with E-state index >= 15 is 0 Å². The highest BCUT2D eigenvalue weighted by Gasteiger charge is 2.26. The van der Waals surface area contributed by atoms with E-state index in [1.54, 1.807) is 0 Å². The zero-order valence-electron chi connectivity index (χ0n) is 11.3. The summed E-state index contributed by atoms with van der Waals surface area (Å²) in [5.74, 6) is 0. The lowest BCUT2D eigenvalue weighted by Crippen LogP contribution is -2.47. The van der Waals surface area contributed by atoms with Gasteiger partial charge in [0.15, 0.2) is 0 Å². The Hall–Kier alpha value is -1.03. The lowest BCUT2D eigenvalue weighted by atomic mass is 9.82. The molecule has 2 amide bonds. The van der Waals surface area contributed by atoms with Crippen LogP contribution in [0.4, 0.5) is 9.80 Å². The fourth-order valence-corrected chi connectivity index (χ4v) is 2.78. The molecule has 0 radical (unpaired) electrons. The third-order valence-electron chi connectivity index (χ3n) is 2.18. The molecule has 2 N–H and O–H groups in total. The van der Waals surface area contributed by atoms with Gasteiger partial charge in [0.2, 0.25) is 0 Å². The second-order valence-electron chi connectivity index (χ2n) is 6.18. The van der Waals surface area contributed by atoms with Crippen molar-refractivity contribution in [2.75, 3.05) is 5.32 Å². The Bertz CT molecular complexity index is 363. The normalized spacial score (nSPS) is 12.3. The van der Waals surface area contributed by atoms with Crippen LogP contribution in [0.3, 0.4) is 0 Å². The van der Waals surface area contributed by atoms with Gasteiger partial charge in [0.05, 0.1) is 5.00 Å².